The van der Waals surface area contributed by atoms with Crippen LogP contribution in [0.2, 0.25) is 0 Å². The second-order valence-electron chi connectivity index (χ2n) is 5.27. The third-order valence-corrected chi connectivity index (χ3v) is 4.16. The Morgan fingerprint density at radius 2 is 2.05 bits per heavy atom. The molecule has 2 heterocycles. The van der Waals surface area contributed by atoms with E-state index in [0.717, 1.165) is 16.3 Å². The van der Waals surface area contributed by atoms with E-state index >= 15 is 0 Å². The van der Waals surface area contributed by atoms with E-state index in [4.69, 9.17) is 0 Å². The van der Waals surface area contributed by atoms with Crippen LogP contribution < -0.4 is 10.9 Å². The van der Waals surface area contributed by atoms with Gasteiger partial charge < -0.3 is 5.32 Å². The summed E-state index contributed by atoms with van der Waals surface area (Å²) in [5.74, 6) is 0.530. The van der Waals surface area contributed by atoms with Crippen molar-refractivity contribution in [3.8, 4) is 0 Å². The fourth-order valence-electron chi connectivity index (χ4n) is 2.16. The molecule has 0 aliphatic rings. The average Bonchev–Trinajstić information content (AvgIpc) is 2.94. The number of rotatable bonds is 4. The Labute approximate surface area is 127 Å². The second-order valence-corrected chi connectivity index (χ2v) is 6.14. The molecule has 1 aromatic carbocycles. The molecule has 0 saturated carbocycles. The Kier molecular flexibility index (Phi) is 3.75. The first-order valence-corrected chi connectivity index (χ1v) is 7.81. The maximum atomic E-state index is 11.9. The molecule has 5 heteroatoms. The first-order chi connectivity index (χ1) is 10.1. The highest BCUT2D eigenvalue weighted by Crippen LogP contribution is 2.17. The molecule has 4 nitrogen and oxygen atoms in total. The zero-order chi connectivity index (χ0) is 14.8. The Balaban J connectivity index is 1.75. The van der Waals surface area contributed by atoms with Gasteiger partial charge in [0.2, 0.25) is 0 Å². The zero-order valence-electron chi connectivity index (χ0n) is 12.0. The van der Waals surface area contributed by atoms with Gasteiger partial charge in [-0.25, -0.2) is 4.98 Å². The van der Waals surface area contributed by atoms with E-state index in [-0.39, 0.29) is 5.56 Å². The third-order valence-electron chi connectivity index (χ3n) is 3.41. The highest BCUT2D eigenvalue weighted by Gasteiger charge is 2.04. The lowest BCUT2D eigenvalue weighted by molar-refractivity contribution is 0.866. The molecule has 3 rings (SSSR count). The van der Waals surface area contributed by atoms with Crippen molar-refractivity contribution >= 4 is 22.0 Å². The molecule has 108 valence electrons. The van der Waals surface area contributed by atoms with Crippen LogP contribution in [0.1, 0.15) is 31.0 Å². The minimum atomic E-state index is -0.0341. The largest absolute Gasteiger partial charge is 0.379 e. The van der Waals surface area contributed by atoms with Gasteiger partial charge in [-0.15, -0.1) is 11.3 Å². The van der Waals surface area contributed by atoms with Crippen LogP contribution in [0.15, 0.2) is 46.7 Å². The van der Waals surface area contributed by atoms with Gasteiger partial charge in [0, 0.05) is 23.3 Å². The Bertz CT molecular complexity index is 802. The fraction of sp³-hybridized carbons (Fsp3) is 0.250. The van der Waals surface area contributed by atoms with Gasteiger partial charge in [-0.2, -0.15) is 0 Å². The molecule has 0 radical (unpaired) electrons. The van der Waals surface area contributed by atoms with Gasteiger partial charge in [0.15, 0.2) is 4.96 Å². The van der Waals surface area contributed by atoms with Crippen LogP contribution in [-0.2, 0) is 6.54 Å². The van der Waals surface area contributed by atoms with Crippen molar-refractivity contribution in [1.29, 1.82) is 0 Å². The summed E-state index contributed by atoms with van der Waals surface area (Å²) in [5.41, 5.74) is 3.08. The number of aromatic nitrogens is 2. The summed E-state index contributed by atoms with van der Waals surface area (Å²) in [4.78, 5) is 17.1. The molecule has 2 aromatic heterocycles. The maximum Gasteiger partial charge on any atom is 0.258 e. The van der Waals surface area contributed by atoms with Crippen LogP contribution in [0.3, 0.4) is 0 Å². The minimum absolute atomic E-state index is 0.0341. The van der Waals surface area contributed by atoms with Gasteiger partial charge >= 0.3 is 0 Å². The summed E-state index contributed by atoms with van der Waals surface area (Å²) in [6.45, 7) is 4.90. The maximum absolute atomic E-state index is 11.9. The van der Waals surface area contributed by atoms with Crippen molar-refractivity contribution in [3.63, 3.8) is 0 Å². The minimum Gasteiger partial charge on any atom is -0.379 e. The predicted molar refractivity (Wildman–Crippen MR) is 87.2 cm³/mol. The molecular formula is C16H17N3OS. The molecule has 3 aromatic rings. The van der Waals surface area contributed by atoms with E-state index in [0.29, 0.717) is 12.5 Å². The summed E-state index contributed by atoms with van der Waals surface area (Å²) in [7, 11) is 0. The molecule has 1 N–H and O–H groups in total. The SMILES string of the molecule is CC(C)c1ccc(NCc2cc(=O)n3ccsc3n2)cc1. The third kappa shape index (κ3) is 2.97. The number of thiazole rings is 1. The van der Waals surface area contributed by atoms with E-state index < -0.39 is 0 Å². The van der Waals surface area contributed by atoms with E-state index in [1.54, 1.807) is 16.7 Å². The van der Waals surface area contributed by atoms with Crippen molar-refractivity contribution in [1.82, 2.24) is 9.38 Å². The zero-order valence-corrected chi connectivity index (χ0v) is 12.9. The number of hydrogen-bond donors (Lipinski definition) is 1. The molecule has 0 atom stereocenters. The molecule has 0 saturated heterocycles. The molecule has 0 spiro atoms. The lowest BCUT2D eigenvalue weighted by Crippen LogP contribution is -2.14. The standard InChI is InChI=1S/C16H17N3OS/c1-11(2)12-3-5-13(6-4-12)17-10-14-9-15(20)19-7-8-21-16(19)18-14/h3-9,11,17H,10H2,1-2H3. The normalized spacial score (nSPS) is 11.2. The number of benzene rings is 1. The Morgan fingerprint density at radius 1 is 1.29 bits per heavy atom. The molecular weight excluding hydrogens is 282 g/mol. The number of hydrogen-bond acceptors (Lipinski definition) is 4. The van der Waals surface area contributed by atoms with Crippen LogP contribution in [0.25, 0.3) is 4.96 Å². The summed E-state index contributed by atoms with van der Waals surface area (Å²) < 4.78 is 1.56. The van der Waals surface area contributed by atoms with Crippen molar-refractivity contribution in [3.05, 3.63) is 63.5 Å². The van der Waals surface area contributed by atoms with Crippen molar-refractivity contribution in [2.75, 3.05) is 5.32 Å². The van der Waals surface area contributed by atoms with Crippen molar-refractivity contribution < 1.29 is 0 Å². The van der Waals surface area contributed by atoms with Gasteiger partial charge in [-0.05, 0) is 23.6 Å². The van der Waals surface area contributed by atoms with E-state index in [2.05, 4.69) is 48.4 Å². The van der Waals surface area contributed by atoms with Crippen molar-refractivity contribution in [2.45, 2.75) is 26.3 Å². The molecule has 0 bridgehead atoms. The summed E-state index contributed by atoms with van der Waals surface area (Å²) >= 11 is 1.47. The van der Waals surface area contributed by atoms with Gasteiger partial charge in [-0.1, -0.05) is 26.0 Å². The van der Waals surface area contributed by atoms with Gasteiger partial charge in [0.25, 0.3) is 5.56 Å². The molecule has 0 fully saturated rings. The second kappa shape index (κ2) is 5.69. The first kappa shape index (κ1) is 13.8. The first-order valence-electron chi connectivity index (χ1n) is 6.93. The lowest BCUT2D eigenvalue weighted by atomic mass is 10.0. The molecule has 0 aliphatic heterocycles. The quantitative estimate of drug-likeness (QED) is 0.802. The van der Waals surface area contributed by atoms with Crippen LogP contribution >= 0.6 is 11.3 Å². The van der Waals surface area contributed by atoms with Crippen LogP contribution in [0, 0.1) is 0 Å². The van der Waals surface area contributed by atoms with Crippen LogP contribution in [0.5, 0.6) is 0 Å². The number of nitrogens with one attached hydrogen (secondary N) is 1. The lowest BCUT2D eigenvalue weighted by Gasteiger charge is -2.09. The molecule has 0 amide bonds. The summed E-state index contributed by atoms with van der Waals surface area (Å²) in [5, 5.41) is 5.17. The highest BCUT2D eigenvalue weighted by molar-refractivity contribution is 7.15. The van der Waals surface area contributed by atoms with Crippen LogP contribution in [0.4, 0.5) is 5.69 Å². The number of nitrogens with zero attached hydrogens (tertiary/aromatic N) is 2. The number of fused-ring (bicyclic) bond motifs is 1. The van der Waals surface area contributed by atoms with Crippen LogP contribution in [-0.4, -0.2) is 9.38 Å². The fourth-order valence-corrected chi connectivity index (χ4v) is 2.90. The number of anilines is 1. The predicted octanol–water partition coefficient (Wildman–Crippen LogP) is 3.49. The van der Waals surface area contributed by atoms with Gasteiger partial charge in [0.05, 0.1) is 12.2 Å². The summed E-state index contributed by atoms with van der Waals surface area (Å²) in [6, 6.07) is 9.95. The van der Waals surface area contributed by atoms with Gasteiger partial charge in [-0.3, -0.25) is 9.20 Å². The van der Waals surface area contributed by atoms with E-state index in [9.17, 15) is 4.79 Å². The molecule has 0 unspecified atom stereocenters. The Morgan fingerprint density at radius 3 is 2.76 bits per heavy atom. The van der Waals surface area contributed by atoms with E-state index in [1.807, 2.05) is 5.38 Å². The monoisotopic (exact) mass is 299 g/mol. The van der Waals surface area contributed by atoms with E-state index in [1.165, 1.54) is 16.9 Å². The van der Waals surface area contributed by atoms with Gasteiger partial charge in [0.1, 0.15) is 0 Å². The average molecular weight is 299 g/mol. The topological polar surface area (TPSA) is 46.4 Å². The smallest absolute Gasteiger partial charge is 0.258 e. The van der Waals surface area contributed by atoms with Crippen molar-refractivity contribution in [2.24, 2.45) is 0 Å². The Hall–Kier alpha value is -2.14. The summed E-state index contributed by atoms with van der Waals surface area (Å²) in [6.07, 6.45) is 1.75. The molecule has 0 aliphatic carbocycles. The molecule has 21 heavy (non-hydrogen) atoms. The highest BCUT2D eigenvalue weighted by atomic mass is 32.1.